The summed E-state index contributed by atoms with van der Waals surface area (Å²) in [6, 6.07) is 26.0. The first-order valence-electron chi connectivity index (χ1n) is 11.3. The van der Waals surface area contributed by atoms with E-state index in [1.54, 1.807) is 4.63 Å². The predicted octanol–water partition coefficient (Wildman–Crippen LogP) is 3.33. The van der Waals surface area contributed by atoms with E-state index >= 15 is 0 Å². The Bertz CT molecular complexity index is 1070. The maximum absolute atomic E-state index is 4.42. The molecule has 0 bridgehead atoms. The second-order valence-corrected chi connectivity index (χ2v) is 8.21. The molecule has 1 saturated heterocycles. The molecule has 7 heteroatoms. The van der Waals surface area contributed by atoms with Gasteiger partial charge in [0.25, 0.3) is 0 Å². The van der Waals surface area contributed by atoms with Gasteiger partial charge in [-0.2, -0.15) is 0 Å². The molecule has 32 heavy (non-hydrogen) atoms. The Morgan fingerprint density at radius 1 is 0.812 bits per heavy atom. The molecule has 0 aliphatic carbocycles. The van der Waals surface area contributed by atoms with Crippen LogP contribution in [0.3, 0.4) is 0 Å². The van der Waals surface area contributed by atoms with Crippen LogP contribution in [0.25, 0.3) is 5.65 Å². The van der Waals surface area contributed by atoms with Gasteiger partial charge in [-0.3, -0.25) is 4.90 Å². The third-order valence-electron chi connectivity index (χ3n) is 6.11. The number of nitrogens with zero attached hydrogens (tertiary/aromatic N) is 6. The Morgan fingerprint density at radius 3 is 2.19 bits per heavy atom. The summed E-state index contributed by atoms with van der Waals surface area (Å²) in [4.78, 5) is 9.32. The largest absolute Gasteiger partial charge is 0.369 e. The van der Waals surface area contributed by atoms with Gasteiger partial charge >= 0.3 is 0 Å². The molecule has 3 heterocycles. The number of piperazine rings is 1. The topological polar surface area (TPSA) is 61.6 Å². The molecular formula is C25H29N7. The summed E-state index contributed by atoms with van der Waals surface area (Å²) >= 11 is 0. The fourth-order valence-electron chi connectivity index (χ4n) is 4.46. The number of fused-ring (bicyclic) bond motifs is 1. The first-order chi connectivity index (χ1) is 15.9. The Balaban J connectivity index is 1.13. The first kappa shape index (κ1) is 20.6. The molecule has 1 N–H and O–H groups in total. The van der Waals surface area contributed by atoms with Crippen molar-refractivity contribution >= 4 is 11.5 Å². The van der Waals surface area contributed by atoms with Crippen molar-refractivity contribution < 1.29 is 0 Å². The van der Waals surface area contributed by atoms with Crippen molar-refractivity contribution in [3.8, 4) is 0 Å². The Labute approximate surface area is 188 Å². The van der Waals surface area contributed by atoms with Gasteiger partial charge in [0.2, 0.25) is 0 Å². The average Bonchev–Trinajstić information content (AvgIpc) is 3.32. The van der Waals surface area contributed by atoms with Crippen molar-refractivity contribution in [2.75, 3.05) is 44.6 Å². The second kappa shape index (κ2) is 9.89. The number of hydrogen-bond acceptors (Lipinski definition) is 6. The third-order valence-corrected chi connectivity index (χ3v) is 6.11. The van der Waals surface area contributed by atoms with E-state index in [4.69, 9.17) is 0 Å². The normalized spacial score (nSPS) is 15.4. The molecule has 4 aromatic rings. The van der Waals surface area contributed by atoms with Crippen LogP contribution in [0.2, 0.25) is 0 Å². The minimum atomic E-state index is 0.319. The molecule has 0 amide bonds. The fourth-order valence-corrected chi connectivity index (χ4v) is 4.46. The van der Waals surface area contributed by atoms with Crippen LogP contribution < -0.4 is 5.32 Å². The molecule has 0 radical (unpaired) electrons. The van der Waals surface area contributed by atoms with E-state index in [-0.39, 0.29) is 0 Å². The molecular weight excluding hydrogens is 398 g/mol. The third kappa shape index (κ3) is 4.79. The molecule has 0 saturated carbocycles. The molecule has 1 fully saturated rings. The van der Waals surface area contributed by atoms with Crippen LogP contribution in [-0.4, -0.2) is 68.9 Å². The van der Waals surface area contributed by atoms with E-state index in [0.717, 1.165) is 57.2 Å². The molecule has 1 aliphatic heterocycles. The molecule has 2 aromatic heterocycles. The number of nitrogens with one attached hydrogen (secondary N) is 1. The zero-order valence-electron chi connectivity index (χ0n) is 18.2. The van der Waals surface area contributed by atoms with Gasteiger partial charge in [0.1, 0.15) is 12.1 Å². The lowest BCUT2D eigenvalue weighted by Gasteiger charge is -2.39. The summed E-state index contributed by atoms with van der Waals surface area (Å²) in [7, 11) is 0. The monoisotopic (exact) mass is 427 g/mol. The summed E-state index contributed by atoms with van der Waals surface area (Å²) in [5.74, 6) is 0.835. The highest BCUT2D eigenvalue weighted by Crippen LogP contribution is 2.29. The lowest BCUT2D eigenvalue weighted by Crippen LogP contribution is -2.48. The molecule has 0 unspecified atom stereocenters. The zero-order valence-corrected chi connectivity index (χ0v) is 18.2. The van der Waals surface area contributed by atoms with Crippen LogP contribution in [0.1, 0.15) is 23.6 Å². The highest BCUT2D eigenvalue weighted by molar-refractivity contribution is 5.42. The predicted molar refractivity (Wildman–Crippen MR) is 127 cm³/mol. The summed E-state index contributed by atoms with van der Waals surface area (Å²) in [5.41, 5.74) is 3.50. The van der Waals surface area contributed by atoms with Crippen LogP contribution in [0.4, 0.5) is 5.82 Å². The van der Waals surface area contributed by atoms with Crippen LogP contribution in [-0.2, 0) is 0 Å². The van der Waals surface area contributed by atoms with E-state index < -0.39 is 0 Å². The zero-order chi connectivity index (χ0) is 21.6. The maximum Gasteiger partial charge on any atom is 0.176 e. The summed E-state index contributed by atoms with van der Waals surface area (Å²) in [6.45, 7) is 6.33. The summed E-state index contributed by atoms with van der Waals surface area (Å²) in [6.07, 6.45) is 2.60. The van der Waals surface area contributed by atoms with E-state index in [1.807, 2.05) is 12.1 Å². The van der Waals surface area contributed by atoms with Gasteiger partial charge in [-0.25, -0.2) is 4.98 Å². The number of anilines is 1. The number of benzene rings is 2. The summed E-state index contributed by atoms with van der Waals surface area (Å²) < 4.78 is 1.55. The molecule has 0 spiro atoms. The second-order valence-electron chi connectivity index (χ2n) is 8.21. The molecule has 164 valence electrons. The number of rotatable bonds is 8. The van der Waals surface area contributed by atoms with Gasteiger partial charge in [-0.05, 0) is 36.2 Å². The van der Waals surface area contributed by atoms with E-state index in [0.29, 0.717) is 6.04 Å². The summed E-state index contributed by atoms with van der Waals surface area (Å²) in [5, 5.41) is 11.9. The number of aromatic nitrogens is 4. The Kier molecular flexibility index (Phi) is 6.37. The van der Waals surface area contributed by atoms with Crippen LogP contribution >= 0.6 is 0 Å². The highest BCUT2D eigenvalue weighted by Gasteiger charge is 2.26. The van der Waals surface area contributed by atoms with Gasteiger partial charge in [0.05, 0.1) is 6.04 Å². The minimum Gasteiger partial charge on any atom is -0.369 e. The molecule has 5 rings (SSSR count). The van der Waals surface area contributed by atoms with Crippen LogP contribution in [0, 0.1) is 0 Å². The molecule has 2 aromatic carbocycles. The van der Waals surface area contributed by atoms with Crippen molar-refractivity contribution in [3.63, 3.8) is 0 Å². The molecule has 0 atom stereocenters. The number of hydrogen-bond donors (Lipinski definition) is 1. The SMILES string of the molecule is c1ccc(C(c2ccccc2)N2CCN(CCCNc3ccc4ncnn4n3)CC2)cc1. The lowest BCUT2D eigenvalue weighted by molar-refractivity contribution is 0.109. The van der Waals surface area contributed by atoms with Gasteiger partial charge < -0.3 is 10.2 Å². The Morgan fingerprint density at radius 2 is 1.50 bits per heavy atom. The maximum atomic E-state index is 4.42. The van der Waals surface area contributed by atoms with Crippen LogP contribution in [0.5, 0.6) is 0 Å². The first-order valence-corrected chi connectivity index (χ1v) is 11.3. The van der Waals surface area contributed by atoms with Gasteiger partial charge in [0, 0.05) is 32.7 Å². The van der Waals surface area contributed by atoms with Gasteiger partial charge in [-0.1, -0.05) is 60.7 Å². The van der Waals surface area contributed by atoms with Crippen LogP contribution in [0.15, 0.2) is 79.1 Å². The quantitative estimate of drug-likeness (QED) is 0.435. The highest BCUT2D eigenvalue weighted by atomic mass is 15.5. The van der Waals surface area contributed by atoms with E-state index in [1.165, 1.54) is 17.5 Å². The Hall–Kier alpha value is -3.29. The van der Waals surface area contributed by atoms with Crippen molar-refractivity contribution in [2.24, 2.45) is 0 Å². The van der Waals surface area contributed by atoms with Crippen molar-refractivity contribution in [2.45, 2.75) is 12.5 Å². The standard InChI is InChI=1S/C25H29N7/c1-3-8-21(9-4-1)25(22-10-5-2-6-11-22)31-18-16-30(17-19-31)15-7-14-26-23-12-13-24-27-20-28-32(24)29-23/h1-6,8-13,20,25H,7,14-19H2,(H,26,29). The smallest absolute Gasteiger partial charge is 0.176 e. The molecule has 1 aliphatic rings. The van der Waals surface area contributed by atoms with Crippen molar-refractivity contribution in [1.82, 2.24) is 29.6 Å². The van der Waals surface area contributed by atoms with E-state index in [2.05, 4.69) is 91.0 Å². The van der Waals surface area contributed by atoms with E-state index in [9.17, 15) is 0 Å². The average molecular weight is 428 g/mol. The fraction of sp³-hybridized carbons (Fsp3) is 0.320. The minimum absolute atomic E-state index is 0.319. The van der Waals surface area contributed by atoms with Gasteiger partial charge in [0.15, 0.2) is 5.65 Å². The van der Waals surface area contributed by atoms with Crippen molar-refractivity contribution in [1.29, 1.82) is 0 Å². The van der Waals surface area contributed by atoms with Gasteiger partial charge in [-0.15, -0.1) is 14.8 Å². The lowest BCUT2D eigenvalue weighted by atomic mass is 9.96. The molecule has 7 nitrogen and oxygen atoms in total. The van der Waals surface area contributed by atoms with Crippen molar-refractivity contribution in [3.05, 3.63) is 90.3 Å².